The normalized spacial score (nSPS) is 21.9. The number of anilines is 1. The molecule has 0 saturated carbocycles. The first kappa shape index (κ1) is 18.4. The molecule has 1 amide bonds. The summed E-state index contributed by atoms with van der Waals surface area (Å²) in [6, 6.07) is 3.66. The van der Waals surface area contributed by atoms with E-state index in [4.69, 9.17) is 9.47 Å². The van der Waals surface area contributed by atoms with E-state index in [9.17, 15) is 4.79 Å². The van der Waals surface area contributed by atoms with Crippen molar-refractivity contribution >= 4 is 11.7 Å². The number of aromatic nitrogens is 1. The van der Waals surface area contributed by atoms with Crippen LogP contribution in [0.25, 0.3) is 0 Å². The summed E-state index contributed by atoms with van der Waals surface area (Å²) in [6.45, 7) is 3.50. The number of hydrogen-bond donors (Lipinski definition) is 1. The molecule has 3 heterocycles. The molecule has 146 valence electrons. The quantitative estimate of drug-likeness (QED) is 0.804. The predicted molar refractivity (Wildman–Crippen MR) is 104 cm³/mol. The van der Waals surface area contributed by atoms with Crippen LogP contribution in [-0.4, -0.2) is 54.4 Å². The fourth-order valence-corrected chi connectivity index (χ4v) is 4.16. The molecule has 4 rings (SSSR count). The molecule has 3 aliphatic rings. The van der Waals surface area contributed by atoms with Crippen LogP contribution in [0.5, 0.6) is 0 Å². The number of hydrogen-bond acceptors (Lipinski definition) is 5. The van der Waals surface area contributed by atoms with Gasteiger partial charge in [-0.15, -0.1) is 0 Å². The lowest BCUT2D eigenvalue weighted by Gasteiger charge is -2.37. The van der Waals surface area contributed by atoms with Crippen LogP contribution in [0.15, 0.2) is 30.0 Å². The minimum absolute atomic E-state index is 0.0586. The number of allylic oxidation sites excluding steroid dienone is 1. The number of carbonyl (C=O) groups is 1. The highest BCUT2D eigenvalue weighted by Gasteiger charge is 2.40. The number of ether oxygens (including phenoxy) is 2. The summed E-state index contributed by atoms with van der Waals surface area (Å²) in [6.07, 6.45) is 11.7. The highest BCUT2D eigenvalue weighted by atomic mass is 16.7. The van der Waals surface area contributed by atoms with Crippen LogP contribution in [0.2, 0.25) is 0 Å². The van der Waals surface area contributed by atoms with Gasteiger partial charge in [0.05, 0.1) is 13.2 Å². The molecule has 1 N–H and O–H groups in total. The molecule has 27 heavy (non-hydrogen) atoms. The van der Waals surface area contributed by atoms with Gasteiger partial charge in [0.15, 0.2) is 5.79 Å². The van der Waals surface area contributed by atoms with Crippen molar-refractivity contribution < 1.29 is 14.3 Å². The number of likely N-dealkylation sites (tertiary alicyclic amines) is 1. The molecule has 2 fully saturated rings. The van der Waals surface area contributed by atoms with E-state index in [0.717, 1.165) is 31.6 Å². The fourth-order valence-electron chi connectivity index (χ4n) is 4.16. The van der Waals surface area contributed by atoms with Crippen molar-refractivity contribution in [2.24, 2.45) is 0 Å². The average molecular weight is 371 g/mol. The molecule has 0 radical (unpaired) electrons. The number of nitrogens with one attached hydrogen (secondary N) is 1. The summed E-state index contributed by atoms with van der Waals surface area (Å²) in [7, 11) is 0. The molecular weight excluding hydrogens is 342 g/mol. The molecule has 0 atom stereocenters. The lowest BCUT2D eigenvalue weighted by molar-refractivity contribution is -0.181. The Morgan fingerprint density at radius 3 is 2.78 bits per heavy atom. The van der Waals surface area contributed by atoms with E-state index in [1.807, 2.05) is 11.0 Å². The summed E-state index contributed by atoms with van der Waals surface area (Å²) in [4.78, 5) is 19.1. The molecule has 0 bridgehead atoms. The van der Waals surface area contributed by atoms with Gasteiger partial charge in [0.2, 0.25) is 0 Å². The molecule has 6 heteroatoms. The van der Waals surface area contributed by atoms with Crippen LogP contribution in [-0.2, 0) is 9.47 Å². The first-order valence-electron chi connectivity index (χ1n) is 10.2. The third kappa shape index (κ3) is 4.50. The Kier molecular flexibility index (Phi) is 5.74. The molecule has 0 aromatic carbocycles. The third-order valence-electron chi connectivity index (χ3n) is 5.77. The van der Waals surface area contributed by atoms with Crippen molar-refractivity contribution in [2.75, 3.05) is 38.2 Å². The van der Waals surface area contributed by atoms with Gasteiger partial charge < -0.3 is 19.7 Å². The lowest BCUT2D eigenvalue weighted by atomic mass is 9.97. The van der Waals surface area contributed by atoms with Gasteiger partial charge in [0, 0.05) is 44.2 Å². The first-order valence-corrected chi connectivity index (χ1v) is 10.2. The van der Waals surface area contributed by atoms with E-state index in [1.54, 1.807) is 17.8 Å². The molecule has 1 aromatic heterocycles. The first-order chi connectivity index (χ1) is 13.2. The van der Waals surface area contributed by atoms with E-state index < -0.39 is 5.79 Å². The Hall–Kier alpha value is -1.92. The van der Waals surface area contributed by atoms with E-state index in [0.29, 0.717) is 31.9 Å². The van der Waals surface area contributed by atoms with Gasteiger partial charge in [0.25, 0.3) is 5.91 Å². The monoisotopic (exact) mass is 371 g/mol. The number of nitrogens with zero attached hydrogens (tertiary/aromatic N) is 2. The Bertz CT molecular complexity index is 688. The third-order valence-corrected chi connectivity index (χ3v) is 5.77. The topological polar surface area (TPSA) is 63.7 Å². The zero-order valence-electron chi connectivity index (χ0n) is 15.9. The molecule has 1 spiro atoms. The van der Waals surface area contributed by atoms with Crippen molar-refractivity contribution in [2.45, 2.75) is 50.7 Å². The van der Waals surface area contributed by atoms with Crippen molar-refractivity contribution in [3.63, 3.8) is 0 Å². The van der Waals surface area contributed by atoms with Crippen LogP contribution in [0.4, 0.5) is 5.82 Å². The van der Waals surface area contributed by atoms with Crippen molar-refractivity contribution in [1.29, 1.82) is 0 Å². The number of piperidine rings is 1. The van der Waals surface area contributed by atoms with E-state index in [1.165, 1.54) is 25.7 Å². The van der Waals surface area contributed by atoms with Gasteiger partial charge in [-0.1, -0.05) is 11.6 Å². The molecule has 2 aliphatic heterocycles. The van der Waals surface area contributed by atoms with Crippen molar-refractivity contribution in [3.05, 3.63) is 35.5 Å². The zero-order chi connectivity index (χ0) is 18.5. The maximum atomic E-state index is 12.9. The lowest BCUT2D eigenvalue weighted by Crippen LogP contribution is -2.47. The minimum atomic E-state index is -0.449. The Balaban J connectivity index is 1.30. The van der Waals surface area contributed by atoms with Crippen LogP contribution in [0, 0.1) is 0 Å². The van der Waals surface area contributed by atoms with Gasteiger partial charge in [-0.25, -0.2) is 4.98 Å². The van der Waals surface area contributed by atoms with Crippen LogP contribution in [0.1, 0.15) is 55.3 Å². The van der Waals surface area contributed by atoms with Crippen LogP contribution in [0.3, 0.4) is 0 Å². The molecule has 1 aromatic rings. The largest absolute Gasteiger partial charge is 0.370 e. The summed E-state index contributed by atoms with van der Waals surface area (Å²) in [5.74, 6) is 0.381. The highest BCUT2D eigenvalue weighted by molar-refractivity contribution is 5.94. The summed E-state index contributed by atoms with van der Waals surface area (Å²) < 4.78 is 11.5. The summed E-state index contributed by atoms with van der Waals surface area (Å²) >= 11 is 0. The smallest absolute Gasteiger partial charge is 0.254 e. The number of carbonyl (C=O) groups excluding carboxylic acids is 1. The average Bonchev–Trinajstić information content (AvgIpc) is 3.17. The van der Waals surface area contributed by atoms with Gasteiger partial charge in [-0.3, -0.25) is 4.79 Å². The fraction of sp³-hybridized carbons (Fsp3) is 0.619. The van der Waals surface area contributed by atoms with Crippen molar-refractivity contribution in [1.82, 2.24) is 9.88 Å². The second-order valence-electron chi connectivity index (χ2n) is 7.61. The van der Waals surface area contributed by atoms with Crippen LogP contribution >= 0.6 is 0 Å². The molecule has 6 nitrogen and oxygen atoms in total. The number of amides is 1. The summed E-state index contributed by atoms with van der Waals surface area (Å²) in [5.41, 5.74) is 2.23. The van der Waals surface area contributed by atoms with Crippen LogP contribution < -0.4 is 5.32 Å². The molecule has 2 saturated heterocycles. The van der Waals surface area contributed by atoms with Gasteiger partial charge in [-0.2, -0.15) is 0 Å². The number of pyridine rings is 1. The molecular formula is C21H29N3O3. The van der Waals surface area contributed by atoms with Crippen molar-refractivity contribution in [3.8, 4) is 0 Å². The van der Waals surface area contributed by atoms with Gasteiger partial charge in [-0.05, 0) is 44.2 Å². The summed E-state index contributed by atoms with van der Waals surface area (Å²) in [5, 5.41) is 3.37. The Morgan fingerprint density at radius 1 is 1.22 bits per heavy atom. The Labute approximate surface area is 160 Å². The second kappa shape index (κ2) is 8.40. The van der Waals surface area contributed by atoms with E-state index in [-0.39, 0.29) is 5.91 Å². The highest BCUT2D eigenvalue weighted by Crippen LogP contribution is 2.31. The molecule has 0 unspecified atom stereocenters. The van der Waals surface area contributed by atoms with Gasteiger partial charge >= 0.3 is 0 Å². The zero-order valence-corrected chi connectivity index (χ0v) is 15.9. The van der Waals surface area contributed by atoms with Gasteiger partial charge in [0.1, 0.15) is 5.82 Å². The minimum Gasteiger partial charge on any atom is -0.370 e. The SMILES string of the molecule is O=C(c1ccnc(NCCC2=CCCCC2)c1)N1CCC2(CC1)OCCO2. The Morgan fingerprint density at radius 2 is 2.04 bits per heavy atom. The molecule has 1 aliphatic carbocycles. The maximum Gasteiger partial charge on any atom is 0.254 e. The van der Waals surface area contributed by atoms with E-state index in [2.05, 4.69) is 16.4 Å². The second-order valence-corrected chi connectivity index (χ2v) is 7.61. The standard InChI is InChI=1S/C21H29N3O3/c25-20(24-12-8-21(9-13-24)26-14-15-27-21)18-7-11-23-19(16-18)22-10-6-17-4-2-1-3-5-17/h4,7,11,16H,1-3,5-6,8-10,12-15H2,(H,22,23). The predicted octanol–water partition coefficient (Wildman–Crippen LogP) is 3.36. The number of rotatable bonds is 5. The maximum absolute atomic E-state index is 12.9. The van der Waals surface area contributed by atoms with E-state index >= 15 is 0 Å².